The summed E-state index contributed by atoms with van der Waals surface area (Å²) in [5.74, 6) is 1.59. The third-order valence-corrected chi connectivity index (χ3v) is 4.17. The number of fused-ring (bicyclic) bond motifs is 1. The minimum Gasteiger partial charge on any atom is -0.342 e. The number of carbonyl (C=O) groups is 1. The molecule has 1 amide bonds. The van der Waals surface area contributed by atoms with Gasteiger partial charge in [-0.05, 0) is 12.8 Å². The molecule has 1 aliphatic heterocycles. The lowest BCUT2D eigenvalue weighted by molar-refractivity contribution is 0.0925. The van der Waals surface area contributed by atoms with Crippen LogP contribution in [0.15, 0.2) is 6.20 Å². The van der Waals surface area contributed by atoms with Crippen molar-refractivity contribution in [2.45, 2.75) is 65.0 Å². The van der Waals surface area contributed by atoms with Crippen LogP contribution in [0.3, 0.4) is 0 Å². The van der Waals surface area contributed by atoms with Crippen LogP contribution in [0.2, 0.25) is 0 Å². The molecule has 2 N–H and O–H groups in total. The van der Waals surface area contributed by atoms with Gasteiger partial charge in [0, 0.05) is 18.4 Å². The molecule has 2 aromatic rings. The lowest BCUT2D eigenvalue weighted by Gasteiger charge is -2.24. The second kappa shape index (κ2) is 5.79. The number of aromatic nitrogens is 5. The maximum Gasteiger partial charge on any atom is 0.255 e. The van der Waals surface area contributed by atoms with Crippen LogP contribution >= 0.6 is 0 Å². The number of rotatable bonds is 3. The standard InChI is InChI=1S/C16H24N6O/c1-5-12-19-14-11(7-6-8-22(14)21-12)18-15(23)10-9-17-20-13(10)16(2,3)4/h9,11H,5-8H2,1-4H3,(H,17,20)(H,18,23). The number of carbonyl (C=O) groups excluding carboxylic acids is 1. The summed E-state index contributed by atoms with van der Waals surface area (Å²) >= 11 is 0. The molecule has 23 heavy (non-hydrogen) atoms. The highest BCUT2D eigenvalue weighted by atomic mass is 16.1. The van der Waals surface area contributed by atoms with E-state index in [-0.39, 0.29) is 17.4 Å². The average molecular weight is 316 g/mol. The highest BCUT2D eigenvalue weighted by Crippen LogP contribution is 2.26. The summed E-state index contributed by atoms with van der Waals surface area (Å²) in [4.78, 5) is 17.3. The van der Waals surface area contributed by atoms with Gasteiger partial charge in [-0.1, -0.05) is 27.7 Å². The van der Waals surface area contributed by atoms with Crippen LogP contribution in [0.5, 0.6) is 0 Å². The predicted molar refractivity (Wildman–Crippen MR) is 86.1 cm³/mol. The molecule has 1 unspecified atom stereocenters. The molecule has 1 atom stereocenters. The van der Waals surface area contributed by atoms with E-state index in [1.807, 2.05) is 11.6 Å². The highest BCUT2D eigenvalue weighted by molar-refractivity contribution is 5.95. The monoisotopic (exact) mass is 316 g/mol. The Kier molecular flexibility index (Phi) is 3.95. The third-order valence-electron chi connectivity index (χ3n) is 4.17. The number of hydrogen-bond donors (Lipinski definition) is 2. The second-order valence-corrected chi connectivity index (χ2v) is 7.04. The van der Waals surface area contributed by atoms with E-state index in [4.69, 9.17) is 0 Å². The van der Waals surface area contributed by atoms with Gasteiger partial charge >= 0.3 is 0 Å². The van der Waals surface area contributed by atoms with Crippen LogP contribution in [0.25, 0.3) is 0 Å². The van der Waals surface area contributed by atoms with Crippen LogP contribution in [0, 0.1) is 0 Å². The summed E-state index contributed by atoms with van der Waals surface area (Å²) in [6, 6.07) is -0.0910. The number of H-pyrrole nitrogens is 1. The van der Waals surface area contributed by atoms with E-state index in [1.54, 1.807) is 6.20 Å². The molecule has 1 aliphatic rings. The van der Waals surface area contributed by atoms with Gasteiger partial charge in [-0.3, -0.25) is 9.89 Å². The molecule has 0 saturated heterocycles. The van der Waals surface area contributed by atoms with Crippen LogP contribution in [0.4, 0.5) is 0 Å². The average Bonchev–Trinajstić information content (AvgIpc) is 3.13. The molecule has 0 spiro atoms. The Morgan fingerprint density at radius 3 is 2.96 bits per heavy atom. The first-order chi connectivity index (χ1) is 10.9. The van der Waals surface area contributed by atoms with E-state index >= 15 is 0 Å². The first-order valence-corrected chi connectivity index (χ1v) is 8.18. The van der Waals surface area contributed by atoms with Gasteiger partial charge in [0.15, 0.2) is 5.82 Å². The van der Waals surface area contributed by atoms with Crippen molar-refractivity contribution in [1.29, 1.82) is 0 Å². The van der Waals surface area contributed by atoms with Crippen molar-refractivity contribution in [3.8, 4) is 0 Å². The molecule has 3 rings (SSSR count). The molecular weight excluding hydrogens is 292 g/mol. The Morgan fingerprint density at radius 2 is 2.26 bits per heavy atom. The van der Waals surface area contributed by atoms with Gasteiger partial charge < -0.3 is 5.32 Å². The normalized spacial score (nSPS) is 17.8. The van der Waals surface area contributed by atoms with Crippen molar-refractivity contribution in [3.05, 3.63) is 29.1 Å². The molecule has 0 radical (unpaired) electrons. The van der Waals surface area contributed by atoms with E-state index in [9.17, 15) is 4.79 Å². The van der Waals surface area contributed by atoms with Gasteiger partial charge in [0.25, 0.3) is 5.91 Å². The zero-order chi connectivity index (χ0) is 16.6. The first-order valence-electron chi connectivity index (χ1n) is 8.18. The van der Waals surface area contributed by atoms with Crippen molar-refractivity contribution in [2.75, 3.05) is 0 Å². The zero-order valence-electron chi connectivity index (χ0n) is 14.2. The van der Waals surface area contributed by atoms with Crippen LogP contribution in [-0.4, -0.2) is 30.9 Å². The van der Waals surface area contributed by atoms with E-state index in [0.29, 0.717) is 5.56 Å². The van der Waals surface area contributed by atoms with Gasteiger partial charge in [0.2, 0.25) is 0 Å². The van der Waals surface area contributed by atoms with Gasteiger partial charge in [-0.2, -0.15) is 10.2 Å². The molecule has 3 heterocycles. The van der Waals surface area contributed by atoms with Gasteiger partial charge in [-0.15, -0.1) is 0 Å². The topological polar surface area (TPSA) is 88.5 Å². The van der Waals surface area contributed by atoms with E-state index < -0.39 is 0 Å². The summed E-state index contributed by atoms with van der Waals surface area (Å²) in [7, 11) is 0. The summed E-state index contributed by atoms with van der Waals surface area (Å²) in [6.45, 7) is 9.08. The lowest BCUT2D eigenvalue weighted by Crippen LogP contribution is -2.34. The zero-order valence-corrected chi connectivity index (χ0v) is 14.2. The SMILES string of the molecule is CCc1nc2n(n1)CCCC2NC(=O)c1cn[nH]c1C(C)(C)C. The molecule has 0 aliphatic carbocycles. The fourth-order valence-corrected chi connectivity index (χ4v) is 2.95. The predicted octanol–water partition coefficient (Wildman–Crippen LogP) is 2.13. The largest absolute Gasteiger partial charge is 0.342 e. The number of hydrogen-bond acceptors (Lipinski definition) is 4. The third kappa shape index (κ3) is 3.00. The Labute approximate surface area is 135 Å². The lowest BCUT2D eigenvalue weighted by atomic mass is 9.89. The molecule has 0 aromatic carbocycles. The van der Waals surface area contributed by atoms with Gasteiger partial charge in [-0.25, -0.2) is 9.67 Å². The smallest absolute Gasteiger partial charge is 0.255 e. The van der Waals surface area contributed by atoms with Crippen LogP contribution in [0.1, 0.15) is 74.3 Å². The van der Waals surface area contributed by atoms with Crippen molar-refractivity contribution in [3.63, 3.8) is 0 Å². The van der Waals surface area contributed by atoms with E-state index in [1.165, 1.54) is 0 Å². The van der Waals surface area contributed by atoms with Crippen molar-refractivity contribution >= 4 is 5.91 Å². The number of aromatic amines is 1. The van der Waals surface area contributed by atoms with Crippen molar-refractivity contribution in [1.82, 2.24) is 30.3 Å². The molecule has 2 aromatic heterocycles. The highest BCUT2D eigenvalue weighted by Gasteiger charge is 2.29. The molecule has 0 bridgehead atoms. The Bertz CT molecular complexity index is 708. The Balaban J connectivity index is 1.82. The molecule has 7 nitrogen and oxygen atoms in total. The number of nitrogens with zero attached hydrogens (tertiary/aromatic N) is 4. The Hall–Kier alpha value is -2.18. The van der Waals surface area contributed by atoms with E-state index in [0.717, 1.165) is 43.1 Å². The summed E-state index contributed by atoms with van der Waals surface area (Å²) in [6.07, 6.45) is 4.27. The van der Waals surface area contributed by atoms with E-state index in [2.05, 4.69) is 46.4 Å². The molecule has 0 fully saturated rings. The maximum atomic E-state index is 12.7. The fraction of sp³-hybridized carbons (Fsp3) is 0.625. The fourth-order valence-electron chi connectivity index (χ4n) is 2.95. The molecule has 7 heteroatoms. The number of nitrogens with one attached hydrogen (secondary N) is 2. The number of aryl methyl sites for hydroxylation is 2. The number of amides is 1. The minimum absolute atomic E-state index is 0.0910. The van der Waals surface area contributed by atoms with Gasteiger partial charge in [0.05, 0.1) is 23.5 Å². The van der Waals surface area contributed by atoms with Gasteiger partial charge in [0.1, 0.15) is 5.82 Å². The summed E-state index contributed by atoms with van der Waals surface area (Å²) in [5.41, 5.74) is 1.29. The van der Waals surface area contributed by atoms with Crippen molar-refractivity contribution in [2.24, 2.45) is 0 Å². The van der Waals surface area contributed by atoms with Crippen LogP contribution in [-0.2, 0) is 18.4 Å². The molecular formula is C16H24N6O. The summed E-state index contributed by atoms with van der Waals surface area (Å²) < 4.78 is 1.92. The minimum atomic E-state index is -0.162. The Morgan fingerprint density at radius 1 is 1.48 bits per heavy atom. The first kappa shape index (κ1) is 15.7. The molecule has 0 saturated carbocycles. The second-order valence-electron chi connectivity index (χ2n) is 7.04. The van der Waals surface area contributed by atoms with Crippen LogP contribution < -0.4 is 5.32 Å². The maximum absolute atomic E-state index is 12.7. The summed E-state index contributed by atoms with van der Waals surface area (Å²) in [5, 5.41) is 14.6. The molecule has 124 valence electrons. The van der Waals surface area contributed by atoms with Crippen molar-refractivity contribution < 1.29 is 4.79 Å². The quantitative estimate of drug-likeness (QED) is 0.908.